The van der Waals surface area contributed by atoms with E-state index in [9.17, 15) is 10.2 Å². The molecule has 4 aromatic rings. The van der Waals surface area contributed by atoms with E-state index in [1.54, 1.807) is 0 Å². The molecule has 4 saturated carbocycles. The van der Waals surface area contributed by atoms with E-state index in [4.69, 9.17) is 0 Å². The molecule has 2 nitrogen and oxygen atoms in total. The highest BCUT2D eigenvalue weighted by Crippen LogP contribution is 2.65. The molecule has 2 heteroatoms. The molecular formula is C85H132O2. The van der Waals surface area contributed by atoms with Crippen LogP contribution in [0, 0.1) is 94.7 Å². The molecule has 4 aliphatic rings. The Labute approximate surface area is 536 Å². The Balaban J connectivity index is 1.44. The van der Waals surface area contributed by atoms with Crippen molar-refractivity contribution in [1.29, 1.82) is 0 Å². The van der Waals surface area contributed by atoms with Gasteiger partial charge in [0.2, 0.25) is 0 Å². The van der Waals surface area contributed by atoms with Gasteiger partial charge < -0.3 is 10.2 Å². The Morgan fingerprint density at radius 1 is 0.368 bits per heavy atom. The summed E-state index contributed by atoms with van der Waals surface area (Å²) in [5, 5.41) is 28.8. The number of hydrogen-bond acceptors (Lipinski definition) is 2. The van der Waals surface area contributed by atoms with Crippen molar-refractivity contribution in [2.24, 2.45) is 94.7 Å². The molecule has 484 valence electrons. The van der Waals surface area contributed by atoms with Crippen molar-refractivity contribution < 1.29 is 10.2 Å². The zero-order valence-electron chi connectivity index (χ0n) is 58.7. The second-order valence-corrected chi connectivity index (χ2v) is 32.4. The van der Waals surface area contributed by atoms with Crippen molar-refractivity contribution in [2.45, 2.75) is 294 Å². The Morgan fingerprint density at radius 3 is 0.920 bits per heavy atom. The van der Waals surface area contributed by atoms with Crippen molar-refractivity contribution in [2.75, 3.05) is 0 Å². The maximum atomic E-state index is 14.4. The fraction of sp³-hybridized carbons (Fsp3) is 0.718. The number of aromatic hydroxyl groups is 2. The first-order valence-electron chi connectivity index (χ1n) is 37.7. The molecule has 0 radical (unpaired) electrons. The molecule has 0 amide bonds. The van der Waals surface area contributed by atoms with Crippen LogP contribution in [-0.2, 0) is 30.1 Å². The van der Waals surface area contributed by atoms with Gasteiger partial charge in [-0.3, -0.25) is 0 Å². The lowest BCUT2D eigenvalue weighted by Crippen LogP contribution is -2.54. The van der Waals surface area contributed by atoms with Gasteiger partial charge in [-0.2, -0.15) is 0 Å². The fourth-order valence-electron chi connectivity index (χ4n) is 20.3. The van der Waals surface area contributed by atoms with E-state index >= 15 is 0 Å². The zero-order valence-corrected chi connectivity index (χ0v) is 58.7. The smallest absolute Gasteiger partial charge is 0.123 e. The van der Waals surface area contributed by atoms with Crippen molar-refractivity contribution in [3.8, 4) is 11.5 Å². The highest BCUT2D eigenvalue weighted by Gasteiger charge is 2.59. The highest BCUT2D eigenvalue weighted by molar-refractivity contribution is 5.59. The first-order valence-corrected chi connectivity index (χ1v) is 37.7. The third kappa shape index (κ3) is 16.0. The first kappa shape index (κ1) is 69.4. The van der Waals surface area contributed by atoms with Crippen LogP contribution in [0.15, 0.2) is 84.9 Å². The lowest BCUT2D eigenvalue weighted by atomic mass is 9.45. The predicted molar refractivity (Wildman–Crippen MR) is 376 cm³/mol. The first-order chi connectivity index (χ1) is 41.9. The summed E-state index contributed by atoms with van der Waals surface area (Å²) < 4.78 is 0. The van der Waals surface area contributed by atoms with E-state index in [1.165, 1.54) is 187 Å². The maximum Gasteiger partial charge on any atom is 0.123 e. The molecule has 0 saturated heterocycles. The fourth-order valence-corrected chi connectivity index (χ4v) is 20.3. The van der Waals surface area contributed by atoms with Gasteiger partial charge in [0.15, 0.2) is 0 Å². The summed E-state index contributed by atoms with van der Waals surface area (Å²) in [6.45, 7) is 35.1. The standard InChI is InChI=1S/C85H132O2/c1-15-17-19-21-23-25-29-35-66-53-68(82(86)80(55-66)84(70-37-31-27-32-38-70,76-49-62(11)41-45-72(76)58(3)4)77-50-63(12)42-46-73(77)59(5)6)57-69-54-67(36-30-26-24-22-20-18-16-2)56-81(83(69)87)85(71-39-33-28-34-40-71,78-51-64(13)43-47-74(78)60(7)8)79-52-65(14)44-48-75(79)61(9)10/h27-28,31-34,37-40,53-56,58-65,72-79,86-87H,15-26,29-30,35-36,41-52,57H2,1-14H3. The summed E-state index contributed by atoms with van der Waals surface area (Å²) in [7, 11) is 0. The van der Waals surface area contributed by atoms with E-state index in [1.807, 2.05) is 0 Å². The number of unbranched alkanes of at least 4 members (excludes halogenated alkanes) is 12. The van der Waals surface area contributed by atoms with Gasteiger partial charge in [-0.15, -0.1) is 0 Å². The van der Waals surface area contributed by atoms with Gasteiger partial charge in [0.1, 0.15) is 11.5 Å². The van der Waals surface area contributed by atoms with Gasteiger partial charge in [0.05, 0.1) is 0 Å². The molecule has 0 aliphatic heterocycles. The van der Waals surface area contributed by atoms with Crippen molar-refractivity contribution in [1.82, 2.24) is 0 Å². The Kier molecular flexibility index (Phi) is 26.0. The van der Waals surface area contributed by atoms with Crippen LogP contribution in [0.5, 0.6) is 11.5 Å². The van der Waals surface area contributed by atoms with Gasteiger partial charge in [0.25, 0.3) is 0 Å². The summed E-state index contributed by atoms with van der Waals surface area (Å²) in [6.07, 6.45) is 35.3. The number of hydrogen-bond donors (Lipinski definition) is 2. The van der Waals surface area contributed by atoms with Crippen LogP contribution in [-0.4, -0.2) is 10.2 Å². The number of aryl methyl sites for hydroxylation is 2. The predicted octanol–water partition coefficient (Wildman–Crippen LogP) is 24.7. The third-order valence-electron chi connectivity index (χ3n) is 24.8. The Morgan fingerprint density at radius 2 is 0.644 bits per heavy atom. The summed E-state index contributed by atoms with van der Waals surface area (Å²) in [4.78, 5) is 0. The van der Waals surface area contributed by atoms with Crippen molar-refractivity contribution in [3.63, 3.8) is 0 Å². The van der Waals surface area contributed by atoms with Crippen LogP contribution >= 0.6 is 0 Å². The number of rotatable bonds is 30. The second-order valence-electron chi connectivity index (χ2n) is 32.4. The lowest BCUT2D eigenvalue weighted by Gasteiger charge is -2.58. The van der Waals surface area contributed by atoms with E-state index in [2.05, 4.69) is 182 Å². The number of phenolic OH excluding ortho intramolecular Hbond substituents is 2. The van der Waals surface area contributed by atoms with Crippen LogP contribution in [0.3, 0.4) is 0 Å². The SMILES string of the molecule is CCCCCCCCCc1cc(Cc2cc(CCCCCCCCC)cc(C(c3ccccc3)(C3CC(C)CCC3C(C)C)C3CC(C)CCC3C(C)C)c2O)c(O)c(C(c2ccccc2)(C2CC(C)CCC2C(C)C)C2CC(C)CCC2C(C)C)c1. The molecule has 0 aromatic heterocycles. The average Bonchev–Trinajstić information content (AvgIpc) is 0.732. The minimum absolute atomic E-state index is 0.378. The van der Waals surface area contributed by atoms with E-state index in [-0.39, 0.29) is 0 Å². The van der Waals surface area contributed by atoms with Gasteiger partial charge in [-0.1, -0.05) is 285 Å². The van der Waals surface area contributed by atoms with E-state index in [0.717, 1.165) is 36.8 Å². The summed E-state index contributed by atoms with van der Waals surface area (Å²) in [6, 6.07) is 34.0. The summed E-state index contributed by atoms with van der Waals surface area (Å²) in [5.74, 6) is 9.33. The second kappa shape index (κ2) is 32.7. The lowest BCUT2D eigenvalue weighted by molar-refractivity contribution is -0.00119. The third-order valence-corrected chi connectivity index (χ3v) is 24.8. The van der Waals surface area contributed by atoms with E-state index < -0.39 is 10.8 Å². The van der Waals surface area contributed by atoms with Crippen LogP contribution in [0.4, 0.5) is 0 Å². The topological polar surface area (TPSA) is 40.5 Å². The molecule has 4 aliphatic carbocycles. The minimum Gasteiger partial charge on any atom is -0.507 e. The van der Waals surface area contributed by atoms with Crippen LogP contribution < -0.4 is 0 Å². The summed E-state index contributed by atoms with van der Waals surface area (Å²) in [5.41, 5.74) is 9.40. The molecule has 12 atom stereocenters. The Hall–Kier alpha value is -3.52. The van der Waals surface area contributed by atoms with Crippen LogP contribution in [0.25, 0.3) is 0 Å². The number of benzene rings is 4. The normalized spacial score (nSPS) is 27.9. The molecule has 0 heterocycles. The molecule has 8 rings (SSSR count). The average molecular weight is 1190 g/mol. The van der Waals surface area contributed by atoms with Gasteiger partial charge in [-0.25, -0.2) is 0 Å². The molecule has 87 heavy (non-hydrogen) atoms. The molecule has 2 N–H and O–H groups in total. The molecule has 0 bridgehead atoms. The molecule has 4 aromatic carbocycles. The quantitative estimate of drug-likeness (QED) is 0.0511. The van der Waals surface area contributed by atoms with Gasteiger partial charge in [0, 0.05) is 28.4 Å². The van der Waals surface area contributed by atoms with Crippen molar-refractivity contribution in [3.05, 3.63) is 129 Å². The van der Waals surface area contributed by atoms with Crippen molar-refractivity contribution >= 4 is 0 Å². The number of phenols is 2. The highest BCUT2D eigenvalue weighted by atomic mass is 16.3. The van der Waals surface area contributed by atoms with Gasteiger partial charge >= 0.3 is 0 Å². The molecule has 0 spiro atoms. The molecular weight excluding hydrogens is 1050 g/mol. The maximum absolute atomic E-state index is 14.4. The largest absolute Gasteiger partial charge is 0.507 e. The monoisotopic (exact) mass is 1190 g/mol. The molecule has 12 unspecified atom stereocenters. The van der Waals surface area contributed by atoms with E-state index in [0.29, 0.717) is 113 Å². The minimum atomic E-state index is -0.398. The Bertz CT molecular complexity index is 2390. The molecule has 4 fully saturated rings. The van der Waals surface area contributed by atoms with Crippen LogP contribution in [0.1, 0.15) is 308 Å². The zero-order chi connectivity index (χ0) is 62.4. The van der Waals surface area contributed by atoms with Gasteiger partial charge in [-0.05, 0) is 205 Å². The van der Waals surface area contributed by atoms with Crippen LogP contribution in [0.2, 0.25) is 0 Å². The summed E-state index contributed by atoms with van der Waals surface area (Å²) >= 11 is 0.